The molecule has 0 aliphatic heterocycles. The summed E-state index contributed by atoms with van der Waals surface area (Å²) in [4.78, 5) is 13.5. The van der Waals surface area contributed by atoms with Crippen molar-refractivity contribution >= 4 is 16.9 Å². The van der Waals surface area contributed by atoms with E-state index in [9.17, 15) is 4.79 Å². The Kier molecular flexibility index (Phi) is 13.8. The van der Waals surface area contributed by atoms with Gasteiger partial charge in [0.15, 0.2) is 0 Å². The summed E-state index contributed by atoms with van der Waals surface area (Å²) in [5, 5.41) is 0.0377. The lowest BCUT2D eigenvalue weighted by atomic mass is 10.0. The molecule has 2 rings (SSSR count). The molecule has 182 valence electrons. The molecule has 0 saturated carbocycles. The van der Waals surface area contributed by atoms with E-state index in [1.165, 1.54) is 63.1 Å². The molecule has 0 unspecified atom stereocenters. The van der Waals surface area contributed by atoms with Gasteiger partial charge >= 0.3 is 0 Å². The Morgan fingerprint density at radius 1 is 0.727 bits per heavy atom. The van der Waals surface area contributed by atoms with Gasteiger partial charge in [0.25, 0.3) is 0 Å². The number of unbranched alkanes of at least 4 members (excludes halogenated alkanes) is 5. The van der Waals surface area contributed by atoms with Crippen LogP contribution in [0.4, 0.5) is 0 Å². The van der Waals surface area contributed by atoms with E-state index in [0.717, 1.165) is 48.4 Å². The lowest BCUT2D eigenvalue weighted by Crippen LogP contribution is -2.02. The highest BCUT2D eigenvalue weighted by atomic mass is 32.2. The first-order valence-corrected chi connectivity index (χ1v) is 13.6. The molecule has 0 fully saturated rings. The van der Waals surface area contributed by atoms with E-state index in [1.54, 1.807) is 0 Å². The summed E-state index contributed by atoms with van der Waals surface area (Å²) in [5.74, 6) is 2.45. The summed E-state index contributed by atoms with van der Waals surface area (Å²) in [6.07, 6.45) is 12.3. The summed E-state index contributed by atoms with van der Waals surface area (Å²) < 4.78 is 11.7. The molecule has 0 N–H and O–H groups in total. The number of carbonyl (C=O) groups is 1. The van der Waals surface area contributed by atoms with Crippen LogP contribution in [-0.2, 0) is 0 Å². The Morgan fingerprint density at radius 2 is 1.30 bits per heavy atom. The monoisotopic (exact) mass is 470 g/mol. The fourth-order valence-electron chi connectivity index (χ4n) is 3.79. The number of hydrogen-bond acceptors (Lipinski definition) is 4. The number of benzene rings is 2. The van der Waals surface area contributed by atoms with Gasteiger partial charge in [0.05, 0.1) is 13.2 Å². The SMILES string of the molecule is CCCCCCCCOc1ccc(SC(=O)c2ccc(OCCC[C@H](C)CCC)cc2)cc1. The largest absolute Gasteiger partial charge is 0.494 e. The van der Waals surface area contributed by atoms with Crippen molar-refractivity contribution < 1.29 is 14.3 Å². The summed E-state index contributed by atoms with van der Waals surface area (Å²) in [5.41, 5.74) is 0.687. The molecule has 0 aliphatic carbocycles. The summed E-state index contributed by atoms with van der Waals surface area (Å²) in [6, 6.07) is 15.3. The van der Waals surface area contributed by atoms with Gasteiger partial charge in [-0.25, -0.2) is 0 Å². The van der Waals surface area contributed by atoms with Gasteiger partial charge in [-0.2, -0.15) is 0 Å². The summed E-state index contributed by atoms with van der Waals surface area (Å²) in [6.45, 7) is 8.25. The van der Waals surface area contributed by atoms with Crippen molar-refractivity contribution in [1.82, 2.24) is 0 Å². The van der Waals surface area contributed by atoms with Crippen LogP contribution in [0.2, 0.25) is 0 Å². The Morgan fingerprint density at radius 3 is 1.94 bits per heavy atom. The van der Waals surface area contributed by atoms with Crippen molar-refractivity contribution in [1.29, 1.82) is 0 Å². The zero-order valence-electron chi connectivity index (χ0n) is 20.8. The summed E-state index contributed by atoms with van der Waals surface area (Å²) >= 11 is 1.24. The van der Waals surface area contributed by atoms with Crippen molar-refractivity contribution in [3.8, 4) is 11.5 Å². The third-order valence-electron chi connectivity index (χ3n) is 5.78. The van der Waals surface area contributed by atoms with Crippen molar-refractivity contribution in [2.75, 3.05) is 13.2 Å². The number of carbonyl (C=O) groups excluding carboxylic acids is 1. The van der Waals surface area contributed by atoms with Gasteiger partial charge in [-0.05, 0) is 85.5 Å². The van der Waals surface area contributed by atoms with Crippen LogP contribution in [0.1, 0.15) is 95.3 Å². The van der Waals surface area contributed by atoms with Gasteiger partial charge in [0.1, 0.15) is 11.5 Å². The van der Waals surface area contributed by atoms with Crippen LogP contribution in [-0.4, -0.2) is 18.3 Å². The van der Waals surface area contributed by atoms with E-state index < -0.39 is 0 Å². The van der Waals surface area contributed by atoms with E-state index in [2.05, 4.69) is 20.8 Å². The minimum Gasteiger partial charge on any atom is -0.494 e. The molecule has 0 amide bonds. The third-order valence-corrected chi connectivity index (χ3v) is 6.71. The topological polar surface area (TPSA) is 35.5 Å². The predicted molar refractivity (Wildman–Crippen MR) is 141 cm³/mol. The molecular formula is C29H42O3S. The van der Waals surface area contributed by atoms with E-state index in [0.29, 0.717) is 5.56 Å². The van der Waals surface area contributed by atoms with E-state index >= 15 is 0 Å². The molecule has 0 radical (unpaired) electrons. The molecule has 2 aromatic rings. The molecule has 0 spiro atoms. The Labute approximate surface area is 205 Å². The standard InChI is InChI=1S/C29H42O3S/c1-4-6-7-8-9-10-22-31-27-18-20-28(21-19-27)33-29(30)25-14-16-26(17-15-25)32-23-11-13-24(3)12-5-2/h14-21,24H,4-13,22-23H2,1-3H3/t24-/m1/s1. The fraction of sp³-hybridized carbons (Fsp3) is 0.552. The zero-order chi connectivity index (χ0) is 23.7. The van der Waals surface area contributed by atoms with Gasteiger partial charge in [0.2, 0.25) is 5.12 Å². The van der Waals surface area contributed by atoms with Crippen LogP contribution >= 0.6 is 11.8 Å². The Hall–Kier alpha value is -1.94. The first-order chi connectivity index (χ1) is 16.1. The molecule has 3 nitrogen and oxygen atoms in total. The first-order valence-electron chi connectivity index (χ1n) is 12.8. The molecule has 0 saturated heterocycles. The molecule has 2 aromatic carbocycles. The molecule has 0 bridgehead atoms. The number of thioether (sulfide) groups is 1. The molecule has 0 aliphatic rings. The number of ether oxygens (including phenoxy) is 2. The Bertz CT molecular complexity index is 770. The Balaban J connectivity index is 1.68. The van der Waals surface area contributed by atoms with Crippen LogP contribution in [0.25, 0.3) is 0 Å². The highest BCUT2D eigenvalue weighted by Gasteiger charge is 2.09. The zero-order valence-corrected chi connectivity index (χ0v) is 21.6. The highest BCUT2D eigenvalue weighted by Crippen LogP contribution is 2.26. The van der Waals surface area contributed by atoms with E-state index in [4.69, 9.17) is 9.47 Å². The maximum Gasteiger partial charge on any atom is 0.224 e. The van der Waals surface area contributed by atoms with Gasteiger partial charge in [-0.15, -0.1) is 0 Å². The van der Waals surface area contributed by atoms with Crippen molar-refractivity contribution in [2.45, 2.75) is 89.9 Å². The number of hydrogen-bond donors (Lipinski definition) is 0. The maximum absolute atomic E-state index is 12.6. The van der Waals surface area contributed by atoms with Gasteiger partial charge in [-0.3, -0.25) is 4.79 Å². The average Bonchev–Trinajstić information content (AvgIpc) is 2.83. The molecular weight excluding hydrogens is 428 g/mol. The molecule has 0 aromatic heterocycles. The van der Waals surface area contributed by atoms with Gasteiger partial charge in [-0.1, -0.05) is 65.7 Å². The van der Waals surface area contributed by atoms with Gasteiger partial charge < -0.3 is 9.47 Å². The minimum absolute atomic E-state index is 0.0377. The molecule has 33 heavy (non-hydrogen) atoms. The van der Waals surface area contributed by atoms with Crippen LogP contribution in [0.3, 0.4) is 0 Å². The normalized spacial score (nSPS) is 11.8. The second-order valence-corrected chi connectivity index (χ2v) is 9.93. The maximum atomic E-state index is 12.6. The highest BCUT2D eigenvalue weighted by molar-refractivity contribution is 8.14. The molecule has 1 atom stereocenters. The molecule has 0 heterocycles. The van der Waals surface area contributed by atoms with Crippen LogP contribution in [0.5, 0.6) is 11.5 Å². The van der Waals surface area contributed by atoms with Crippen molar-refractivity contribution in [3.05, 3.63) is 54.1 Å². The van der Waals surface area contributed by atoms with Crippen molar-refractivity contribution in [2.24, 2.45) is 5.92 Å². The van der Waals surface area contributed by atoms with E-state index in [1.807, 2.05) is 48.5 Å². The second kappa shape index (κ2) is 16.6. The van der Waals surface area contributed by atoms with Crippen LogP contribution < -0.4 is 9.47 Å². The number of rotatable bonds is 17. The first kappa shape index (κ1) is 27.3. The quantitative estimate of drug-likeness (QED) is 0.171. The van der Waals surface area contributed by atoms with Crippen LogP contribution in [0, 0.1) is 5.92 Å². The smallest absolute Gasteiger partial charge is 0.224 e. The lowest BCUT2D eigenvalue weighted by molar-refractivity contribution is 0.108. The van der Waals surface area contributed by atoms with Crippen LogP contribution in [0.15, 0.2) is 53.4 Å². The van der Waals surface area contributed by atoms with E-state index in [-0.39, 0.29) is 5.12 Å². The summed E-state index contributed by atoms with van der Waals surface area (Å²) in [7, 11) is 0. The average molecular weight is 471 g/mol. The minimum atomic E-state index is 0.0377. The van der Waals surface area contributed by atoms with Crippen molar-refractivity contribution in [3.63, 3.8) is 0 Å². The second-order valence-electron chi connectivity index (χ2n) is 8.89. The fourth-order valence-corrected chi connectivity index (χ4v) is 4.53. The lowest BCUT2D eigenvalue weighted by Gasteiger charge is -2.11. The predicted octanol–water partition coefficient (Wildman–Crippen LogP) is 8.95. The third kappa shape index (κ3) is 11.7. The molecule has 4 heteroatoms. The van der Waals surface area contributed by atoms with Gasteiger partial charge in [0, 0.05) is 10.5 Å².